The summed E-state index contributed by atoms with van der Waals surface area (Å²) in [5.74, 6) is 0. The lowest BCUT2D eigenvalue weighted by atomic mass is 10.1. The van der Waals surface area contributed by atoms with Crippen LogP contribution in [0.3, 0.4) is 0 Å². The minimum Gasteiger partial charge on any atom is -0.331 e. The van der Waals surface area contributed by atoms with E-state index in [2.05, 4.69) is 42.5 Å². The van der Waals surface area contributed by atoms with Gasteiger partial charge in [-0.15, -0.1) is 0 Å². The number of fused-ring (bicyclic) bond motifs is 1. The Morgan fingerprint density at radius 2 is 1.88 bits per heavy atom. The molecule has 2 aromatic rings. The van der Waals surface area contributed by atoms with Crippen molar-refractivity contribution in [2.24, 2.45) is 0 Å². The van der Waals surface area contributed by atoms with E-state index in [0.29, 0.717) is 0 Å². The summed E-state index contributed by atoms with van der Waals surface area (Å²) in [6.45, 7) is 7.63. The van der Waals surface area contributed by atoms with E-state index in [9.17, 15) is 0 Å². The van der Waals surface area contributed by atoms with Gasteiger partial charge in [-0.1, -0.05) is 19.8 Å². The third-order valence-corrected chi connectivity index (χ3v) is 3.24. The van der Waals surface area contributed by atoms with Crippen molar-refractivity contribution in [2.45, 2.75) is 46.6 Å². The highest BCUT2D eigenvalue weighted by Gasteiger charge is 2.04. The van der Waals surface area contributed by atoms with Gasteiger partial charge in [-0.05, 0) is 43.5 Å². The summed E-state index contributed by atoms with van der Waals surface area (Å²) in [4.78, 5) is 4.46. The lowest BCUT2D eigenvalue weighted by Crippen LogP contribution is -1.96. The smallest absolute Gasteiger partial charge is 0.0958 e. The van der Waals surface area contributed by atoms with E-state index in [-0.39, 0.29) is 0 Å². The number of nitrogens with zero attached hydrogens (tertiary/aromatic N) is 2. The standard InChI is InChI=1S/C14H20N2/c1-4-5-6-7-16-10-15-13-8-11(2)12(3)9-14(13)16/h8-10H,4-7H2,1-3H3. The maximum Gasteiger partial charge on any atom is 0.0958 e. The zero-order valence-corrected chi connectivity index (χ0v) is 10.5. The van der Waals surface area contributed by atoms with Crippen LogP contribution in [0.4, 0.5) is 0 Å². The molecule has 0 saturated carbocycles. The van der Waals surface area contributed by atoms with Crippen molar-refractivity contribution in [3.63, 3.8) is 0 Å². The predicted octanol–water partition coefficient (Wildman–Crippen LogP) is 3.84. The quantitative estimate of drug-likeness (QED) is 0.710. The number of rotatable bonds is 4. The van der Waals surface area contributed by atoms with Crippen LogP contribution in [0.15, 0.2) is 18.5 Å². The second kappa shape index (κ2) is 4.69. The summed E-state index contributed by atoms with van der Waals surface area (Å²) in [6.07, 6.45) is 5.78. The van der Waals surface area contributed by atoms with Gasteiger partial charge in [0.2, 0.25) is 0 Å². The lowest BCUT2D eigenvalue weighted by molar-refractivity contribution is 0.613. The van der Waals surface area contributed by atoms with Crippen molar-refractivity contribution >= 4 is 11.0 Å². The molecule has 0 atom stereocenters. The van der Waals surface area contributed by atoms with Crippen molar-refractivity contribution in [1.29, 1.82) is 0 Å². The highest BCUT2D eigenvalue weighted by molar-refractivity contribution is 5.77. The average molecular weight is 216 g/mol. The second-order valence-electron chi connectivity index (χ2n) is 4.57. The first-order valence-corrected chi connectivity index (χ1v) is 6.14. The van der Waals surface area contributed by atoms with Crippen LogP contribution in [-0.2, 0) is 6.54 Å². The Morgan fingerprint density at radius 1 is 1.12 bits per heavy atom. The molecular weight excluding hydrogens is 196 g/mol. The average Bonchev–Trinajstić information content (AvgIpc) is 2.63. The molecular formula is C14H20N2. The third-order valence-electron chi connectivity index (χ3n) is 3.24. The van der Waals surface area contributed by atoms with Crippen LogP contribution < -0.4 is 0 Å². The third kappa shape index (κ3) is 2.11. The van der Waals surface area contributed by atoms with Gasteiger partial charge in [-0.25, -0.2) is 4.98 Å². The number of benzene rings is 1. The molecule has 0 spiro atoms. The van der Waals surface area contributed by atoms with E-state index >= 15 is 0 Å². The fraction of sp³-hybridized carbons (Fsp3) is 0.500. The fourth-order valence-corrected chi connectivity index (χ4v) is 2.02. The van der Waals surface area contributed by atoms with Crippen molar-refractivity contribution < 1.29 is 0 Å². The van der Waals surface area contributed by atoms with Crippen LogP contribution >= 0.6 is 0 Å². The Balaban J connectivity index is 2.29. The van der Waals surface area contributed by atoms with Gasteiger partial charge in [-0.3, -0.25) is 0 Å². The van der Waals surface area contributed by atoms with Crippen molar-refractivity contribution in [2.75, 3.05) is 0 Å². The Hall–Kier alpha value is -1.31. The van der Waals surface area contributed by atoms with E-state index in [1.807, 2.05) is 6.33 Å². The summed E-state index contributed by atoms with van der Waals surface area (Å²) in [5, 5.41) is 0. The number of hydrogen-bond acceptors (Lipinski definition) is 1. The minimum absolute atomic E-state index is 1.09. The number of hydrogen-bond donors (Lipinski definition) is 0. The van der Waals surface area contributed by atoms with Gasteiger partial charge in [0.15, 0.2) is 0 Å². The first-order valence-electron chi connectivity index (χ1n) is 6.14. The monoisotopic (exact) mass is 216 g/mol. The molecule has 1 aromatic carbocycles. The molecule has 1 heterocycles. The first kappa shape index (κ1) is 11.2. The van der Waals surface area contributed by atoms with E-state index in [1.54, 1.807) is 0 Å². The molecule has 0 aliphatic heterocycles. The Bertz CT molecular complexity index is 483. The van der Waals surface area contributed by atoms with Crippen LogP contribution in [0.5, 0.6) is 0 Å². The normalized spacial score (nSPS) is 11.2. The van der Waals surface area contributed by atoms with Crippen LogP contribution in [0.25, 0.3) is 11.0 Å². The van der Waals surface area contributed by atoms with Gasteiger partial charge in [-0.2, -0.15) is 0 Å². The fourth-order valence-electron chi connectivity index (χ4n) is 2.02. The largest absolute Gasteiger partial charge is 0.331 e. The molecule has 0 aliphatic rings. The molecule has 0 fully saturated rings. The van der Waals surface area contributed by atoms with Gasteiger partial charge in [0.25, 0.3) is 0 Å². The predicted molar refractivity (Wildman–Crippen MR) is 68.7 cm³/mol. The lowest BCUT2D eigenvalue weighted by Gasteiger charge is -2.05. The molecule has 2 rings (SSSR count). The highest BCUT2D eigenvalue weighted by atomic mass is 15.0. The zero-order valence-electron chi connectivity index (χ0n) is 10.5. The first-order chi connectivity index (χ1) is 7.72. The van der Waals surface area contributed by atoms with Crippen molar-refractivity contribution in [1.82, 2.24) is 9.55 Å². The Kier molecular flexibility index (Phi) is 3.28. The van der Waals surface area contributed by atoms with E-state index in [4.69, 9.17) is 0 Å². The summed E-state index contributed by atoms with van der Waals surface area (Å²) in [6, 6.07) is 4.44. The number of unbranched alkanes of at least 4 members (excludes halogenated alkanes) is 2. The molecule has 0 radical (unpaired) electrons. The molecule has 0 amide bonds. The van der Waals surface area contributed by atoms with Crippen molar-refractivity contribution in [3.8, 4) is 0 Å². The Morgan fingerprint density at radius 3 is 2.62 bits per heavy atom. The molecule has 2 nitrogen and oxygen atoms in total. The topological polar surface area (TPSA) is 17.8 Å². The summed E-state index contributed by atoms with van der Waals surface area (Å²) in [5.41, 5.74) is 5.08. The number of aryl methyl sites for hydroxylation is 3. The van der Waals surface area contributed by atoms with Crippen LogP contribution in [0.2, 0.25) is 0 Å². The SMILES string of the molecule is CCCCCn1cnc2cc(C)c(C)cc21. The van der Waals surface area contributed by atoms with Crippen molar-refractivity contribution in [3.05, 3.63) is 29.6 Å². The molecule has 0 bridgehead atoms. The van der Waals surface area contributed by atoms with Crippen LogP contribution in [0.1, 0.15) is 37.3 Å². The summed E-state index contributed by atoms with van der Waals surface area (Å²) < 4.78 is 2.28. The number of imidazole rings is 1. The van der Waals surface area contributed by atoms with E-state index in [1.165, 1.54) is 35.9 Å². The van der Waals surface area contributed by atoms with Crippen LogP contribution in [0, 0.1) is 13.8 Å². The van der Waals surface area contributed by atoms with E-state index < -0.39 is 0 Å². The van der Waals surface area contributed by atoms with Gasteiger partial charge in [0.1, 0.15) is 0 Å². The van der Waals surface area contributed by atoms with E-state index in [0.717, 1.165) is 12.1 Å². The molecule has 0 saturated heterocycles. The second-order valence-corrected chi connectivity index (χ2v) is 4.57. The summed E-state index contributed by atoms with van der Waals surface area (Å²) in [7, 11) is 0. The van der Waals surface area contributed by atoms with Gasteiger partial charge < -0.3 is 4.57 Å². The molecule has 16 heavy (non-hydrogen) atoms. The molecule has 1 aromatic heterocycles. The molecule has 0 N–H and O–H groups in total. The zero-order chi connectivity index (χ0) is 11.5. The maximum absolute atomic E-state index is 4.46. The van der Waals surface area contributed by atoms with Gasteiger partial charge in [0, 0.05) is 6.54 Å². The molecule has 0 unspecified atom stereocenters. The molecule has 2 heteroatoms. The minimum atomic E-state index is 1.09. The summed E-state index contributed by atoms with van der Waals surface area (Å²) >= 11 is 0. The van der Waals surface area contributed by atoms with Gasteiger partial charge >= 0.3 is 0 Å². The maximum atomic E-state index is 4.46. The van der Waals surface area contributed by atoms with Crippen LogP contribution in [-0.4, -0.2) is 9.55 Å². The Labute approximate surface area is 97.3 Å². The molecule has 0 aliphatic carbocycles. The highest BCUT2D eigenvalue weighted by Crippen LogP contribution is 2.18. The van der Waals surface area contributed by atoms with Gasteiger partial charge in [0.05, 0.1) is 17.4 Å². The number of aromatic nitrogens is 2. The molecule has 86 valence electrons.